The molecule has 1 aliphatic carbocycles. The fourth-order valence-electron chi connectivity index (χ4n) is 3.18. The summed E-state index contributed by atoms with van der Waals surface area (Å²) in [6, 6.07) is -0.921. The highest BCUT2D eigenvalue weighted by Gasteiger charge is 2.32. The van der Waals surface area contributed by atoms with Crippen molar-refractivity contribution in [3.63, 3.8) is 0 Å². The Labute approximate surface area is 114 Å². The van der Waals surface area contributed by atoms with Gasteiger partial charge in [-0.05, 0) is 38.1 Å². The maximum Gasteiger partial charge on any atom is 0.326 e. The van der Waals surface area contributed by atoms with Crippen LogP contribution in [0.4, 0.5) is 0 Å². The number of carboxylic acid groups (broad SMARTS) is 1. The molecular formula is C14H24N2O3. The zero-order chi connectivity index (χ0) is 13.7. The molecule has 2 atom stereocenters. The number of nitrogens with one attached hydrogen (secondary N) is 2. The first-order chi connectivity index (χ1) is 9.18. The Balaban J connectivity index is 1.91. The number of piperidine rings is 1. The van der Waals surface area contributed by atoms with Gasteiger partial charge in [-0.1, -0.05) is 25.7 Å². The molecule has 2 aliphatic rings. The summed E-state index contributed by atoms with van der Waals surface area (Å²) in [5.41, 5.74) is 0. The molecular weight excluding hydrogens is 244 g/mol. The summed E-state index contributed by atoms with van der Waals surface area (Å²) < 4.78 is 0. The lowest BCUT2D eigenvalue weighted by Gasteiger charge is -2.30. The maximum atomic E-state index is 12.1. The molecule has 1 heterocycles. The van der Waals surface area contributed by atoms with Crippen LogP contribution in [-0.2, 0) is 9.59 Å². The van der Waals surface area contributed by atoms with E-state index in [1.807, 2.05) is 0 Å². The fraction of sp³-hybridized carbons (Fsp3) is 0.857. The monoisotopic (exact) mass is 268 g/mol. The Morgan fingerprint density at radius 2 is 1.74 bits per heavy atom. The highest BCUT2D eigenvalue weighted by atomic mass is 16.4. The molecule has 0 bridgehead atoms. The molecule has 5 nitrogen and oxygen atoms in total. The lowest BCUT2D eigenvalue weighted by atomic mass is 9.83. The Morgan fingerprint density at radius 1 is 1.05 bits per heavy atom. The van der Waals surface area contributed by atoms with Crippen LogP contribution < -0.4 is 10.6 Å². The molecule has 108 valence electrons. The average Bonchev–Trinajstić information content (AvgIpc) is 2.46. The van der Waals surface area contributed by atoms with E-state index in [4.69, 9.17) is 0 Å². The lowest BCUT2D eigenvalue weighted by molar-refractivity contribution is -0.144. The van der Waals surface area contributed by atoms with E-state index in [-0.39, 0.29) is 17.9 Å². The first-order valence-corrected chi connectivity index (χ1v) is 7.45. The first kappa shape index (κ1) is 14.3. The van der Waals surface area contributed by atoms with Gasteiger partial charge in [-0.25, -0.2) is 4.79 Å². The highest BCUT2D eigenvalue weighted by molar-refractivity contribution is 5.87. The van der Waals surface area contributed by atoms with Gasteiger partial charge in [-0.2, -0.15) is 0 Å². The molecule has 0 aromatic heterocycles. The van der Waals surface area contributed by atoms with Crippen LogP contribution in [-0.4, -0.2) is 35.6 Å². The molecule has 1 aliphatic heterocycles. The van der Waals surface area contributed by atoms with E-state index in [1.54, 1.807) is 0 Å². The number of carboxylic acids is 1. The van der Waals surface area contributed by atoms with Crippen molar-refractivity contribution in [3.8, 4) is 0 Å². The predicted octanol–water partition coefficient (Wildman–Crippen LogP) is 1.28. The van der Waals surface area contributed by atoms with Crippen LogP contribution in [0.3, 0.4) is 0 Å². The maximum absolute atomic E-state index is 12.1. The molecule has 0 aromatic carbocycles. The van der Waals surface area contributed by atoms with Gasteiger partial charge in [0.1, 0.15) is 6.04 Å². The van der Waals surface area contributed by atoms with E-state index in [9.17, 15) is 14.7 Å². The van der Waals surface area contributed by atoms with Gasteiger partial charge in [0.15, 0.2) is 0 Å². The summed E-state index contributed by atoms with van der Waals surface area (Å²) in [5.74, 6) is -0.937. The van der Waals surface area contributed by atoms with E-state index in [0.29, 0.717) is 0 Å². The topological polar surface area (TPSA) is 78.4 Å². The van der Waals surface area contributed by atoms with Gasteiger partial charge in [0.05, 0.1) is 6.04 Å². The lowest BCUT2D eigenvalue weighted by Crippen LogP contribution is -2.54. The largest absolute Gasteiger partial charge is 0.480 e. The Bertz CT molecular complexity index is 321. The second-order valence-electron chi connectivity index (χ2n) is 5.73. The molecule has 1 unspecified atom stereocenters. The number of hydrogen-bond donors (Lipinski definition) is 3. The summed E-state index contributed by atoms with van der Waals surface area (Å²) in [7, 11) is 0. The molecule has 2 rings (SSSR count). The van der Waals surface area contributed by atoms with E-state index in [2.05, 4.69) is 10.6 Å². The van der Waals surface area contributed by atoms with Gasteiger partial charge in [-0.15, -0.1) is 0 Å². The minimum absolute atomic E-state index is 0.0961. The van der Waals surface area contributed by atoms with Crippen molar-refractivity contribution in [2.75, 3.05) is 6.54 Å². The van der Waals surface area contributed by atoms with E-state index in [1.165, 1.54) is 6.42 Å². The van der Waals surface area contributed by atoms with Crippen molar-refractivity contribution in [2.45, 2.75) is 63.5 Å². The molecule has 19 heavy (non-hydrogen) atoms. The Morgan fingerprint density at radius 3 is 2.32 bits per heavy atom. The van der Waals surface area contributed by atoms with Gasteiger partial charge < -0.3 is 15.7 Å². The number of rotatable bonds is 4. The summed E-state index contributed by atoms with van der Waals surface area (Å²) in [5, 5.41) is 15.3. The summed E-state index contributed by atoms with van der Waals surface area (Å²) in [6.07, 6.45) is 8.09. The van der Waals surface area contributed by atoms with E-state index in [0.717, 1.165) is 51.5 Å². The normalized spacial score (nSPS) is 26.6. The zero-order valence-electron chi connectivity index (χ0n) is 11.4. The second-order valence-corrected chi connectivity index (χ2v) is 5.73. The fourth-order valence-corrected chi connectivity index (χ4v) is 3.18. The van der Waals surface area contributed by atoms with Crippen molar-refractivity contribution in [2.24, 2.45) is 5.92 Å². The second kappa shape index (κ2) is 6.89. The van der Waals surface area contributed by atoms with E-state index >= 15 is 0 Å². The number of aliphatic carboxylic acids is 1. The Hall–Kier alpha value is -1.10. The number of carbonyl (C=O) groups is 2. The molecule has 2 fully saturated rings. The summed E-state index contributed by atoms with van der Waals surface area (Å²) >= 11 is 0. The van der Waals surface area contributed by atoms with Gasteiger partial charge in [0.2, 0.25) is 5.91 Å². The third-order valence-corrected chi connectivity index (χ3v) is 4.31. The molecule has 0 aromatic rings. The van der Waals surface area contributed by atoms with Crippen LogP contribution in [0.1, 0.15) is 51.4 Å². The van der Waals surface area contributed by atoms with Crippen LogP contribution in [0.2, 0.25) is 0 Å². The minimum Gasteiger partial charge on any atom is -0.480 e. The predicted molar refractivity (Wildman–Crippen MR) is 71.8 cm³/mol. The standard InChI is InChI=1S/C14H24N2O3/c17-13(11-8-4-5-9-15-11)16-12(14(18)19)10-6-2-1-3-7-10/h10-12,15H,1-9H2,(H,16,17)(H,18,19)/t11-,12?/m0/s1. The molecule has 1 saturated heterocycles. The van der Waals surface area contributed by atoms with Crippen molar-refractivity contribution in [1.82, 2.24) is 10.6 Å². The van der Waals surface area contributed by atoms with Gasteiger partial charge in [-0.3, -0.25) is 4.79 Å². The van der Waals surface area contributed by atoms with Gasteiger partial charge >= 0.3 is 5.97 Å². The summed E-state index contributed by atoms with van der Waals surface area (Å²) in [4.78, 5) is 23.5. The number of carbonyl (C=O) groups excluding carboxylic acids is 1. The number of hydrogen-bond acceptors (Lipinski definition) is 3. The molecule has 3 N–H and O–H groups in total. The SMILES string of the molecule is O=C(O)C(NC(=O)[C@@H]1CCCCN1)C1CCCCC1. The van der Waals surface area contributed by atoms with Crippen molar-refractivity contribution in [3.05, 3.63) is 0 Å². The van der Waals surface area contributed by atoms with Crippen molar-refractivity contribution in [1.29, 1.82) is 0 Å². The van der Waals surface area contributed by atoms with Crippen LogP contribution in [0.5, 0.6) is 0 Å². The molecule has 0 spiro atoms. The third-order valence-electron chi connectivity index (χ3n) is 4.31. The van der Waals surface area contributed by atoms with Crippen LogP contribution in [0, 0.1) is 5.92 Å². The van der Waals surface area contributed by atoms with Crippen LogP contribution in [0.15, 0.2) is 0 Å². The molecule has 5 heteroatoms. The third kappa shape index (κ3) is 3.93. The van der Waals surface area contributed by atoms with Gasteiger partial charge in [0, 0.05) is 0 Å². The average molecular weight is 268 g/mol. The minimum atomic E-state index is -0.893. The molecule has 1 saturated carbocycles. The van der Waals surface area contributed by atoms with Crippen LogP contribution in [0.25, 0.3) is 0 Å². The quantitative estimate of drug-likeness (QED) is 0.717. The number of amides is 1. The smallest absolute Gasteiger partial charge is 0.326 e. The van der Waals surface area contributed by atoms with Gasteiger partial charge in [0.25, 0.3) is 0 Å². The molecule has 1 amide bonds. The van der Waals surface area contributed by atoms with E-state index < -0.39 is 12.0 Å². The van der Waals surface area contributed by atoms with Crippen LogP contribution >= 0.6 is 0 Å². The zero-order valence-corrected chi connectivity index (χ0v) is 11.4. The highest BCUT2D eigenvalue weighted by Crippen LogP contribution is 2.26. The van der Waals surface area contributed by atoms with Crippen molar-refractivity contribution < 1.29 is 14.7 Å². The molecule has 0 radical (unpaired) electrons. The van der Waals surface area contributed by atoms with Crippen molar-refractivity contribution >= 4 is 11.9 Å². The summed E-state index contributed by atoms with van der Waals surface area (Å²) in [6.45, 7) is 0.846. The Kier molecular flexibility index (Phi) is 5.19. The first-order valence-electron chi connectivity index (χ1n) is 7.45.